The predicted molar refractivity (Wildman–Crippen MR) is 121 cm³/mol. The molecule has 0 fully saturated rings. The number of hydrogen-bond donors (Lipinski definition) is 4. The van der Waals surface area contributed by atoms with E-state index in [0.29, 0.717) is 12.0 Å². The number of nitrogens with one attached hydrogen (secondary N) is 2. The summed E-state index contributed by atoms with van der Waals surface area (Å²) in [5, 5.41) is 20.2. The lowest BCUT2D eigenvalue weighted by atomic mass is 9.96. The highest BCUT2D eigenvalue weighted by Crippen LogP contribution is 2.37. The van der Waals surface area contributed by atoms with Crippen LogP contribution in [-0.4, -0.2) is 26.4 Å². The number of rotatable bonds is 5. The maximum absolute atomic E-state index is 14.0. The zero-order valence-electron chi connectivity index (χ0n) is 18.4. The van der Waals surface area contributed by atoms with Crippen LogP contribution in [0.25, 0.3) is 5.69 Å². The minimum atomic E-state index is -4.65. The number of phenolic OH excluding ortho intramolecular Hbond substituents is 1. The van der Waals surface area contributed by atoms with Crippen LogP contribution in [-0.2, 0) is 23.8 Å². The summed E-state index contributed by atoms with van der Waals surface area (Å²) in [6.45, 7) is 1.51. The largest absolute Gasteiger partial charge is 0.508 e. The maximum Gasteiger partial charge on any atom is 0.418 e. The number of aryl methyl sites for hydroxylation is 1. The third-order valence-electron chi connectivity index (χ3n) is 6.06. The maximum atomic E-state index is 14.0. The molecular formula is C24H24F3N5O2. The van der Waals surface area contributed by atoms with Crippen molar-refractivity contribution in [3.8, 4) is 11.4 Å². The molecule has 0 saturated carbocycles. The number of carbonyl (C=O) groups excluding carboxylic acids is 1. The Morgan fingerprint density at radius 2 is 1.94 bits per heavy atom. The quantitative estimate of drug-likeness (QED) is 0.324. The fourth-order valence-electron chi connectivity index (χ4n) is 4.19. The van der Waals surface area contributed by atoms with Gasteiger partial charge in [0.15, 0.2) is 0 Å². The SMILES string of the molecule is CC(C(=O)Nc1ccc(-n2cnc3c2CCCC3)c(C(F)(F)F)c1)c1cc(C(=N)N)ccc1O. The minimum Gasteiger partial charge on any atom is -0.508 e. The van der Waals surface area contributed by atoms with E-state index in [1.807, 2.05) is 0 Å². The highest BCUT2D eigenvalue weighted by Gasteiger charge is 2.35. The number of imidazole rings is 1. The van der Waals surface area contributed by atoms with Crippen LogP contribution in [0.4, 0.5) is 18.9 Å². The lowest BCUT2D eigenvalue weighted by molar-refractivity contribution is -0.137. The first kappa shape index (κ1) is 23.3. The first-order valence-corrected chi connectivity index (χ1v) is 10.8. The van der Waals surface area contributed by atoms with Crippen molar-refractivity contribution in [3.63, 3.8) is 0 Å². The molecule has 1 atom stereocenters. The Hall–Kier alpha value is -3.82. The normalized spacial score (nSPS) is 14.4. The number of alkyl halides is 3. The molecule has 1 amide bonds. The van der Waals surface area contributed by atoms with Gasteiger partial charge >= 0.3 is 6.18 Å². The van der Waals surface area contributed by atoms with Gasteiger partial charge in [-0.2, -0.15) is 13.2 Å². The Kier molecular flexibility index (Phi) is 6.07. The number of fused-ring (bicyclic) bond motifs is 1. The van der Waals surface area contributed by atoms with E-state index in [9.17, 15) is 23.1 Å². The monoisotopic (exact) mass is 471 g/mol. The molecule has 1 heterocycles. The van der Waals surface area contributed by atoms with Crippen molar-refractivity contribution in [2.45, 2.75) is 44.7 Å². The first-order chi connectivity index (χ1) is 16.1. The smallest absolute Gasteiger partial charge is 0.418 e. The number of benzene rings is 2. The fraction of sp³-hybridized carbons (Fsp3) is 0.292. The topological polar surface area (TPSA) is 117 Å². The van der Waals surface area contributed by atoms with E-state index in [1.54, 1.807) is 0 Å². The molecule has 10 heteroatoms. The van der Waals surface area contributed by atoms with E-state index in [2.05, 4.69) is 10.3 Å². The molecule has 3 aromatic rings. The number of aromatic hydroxyl groups is 1. The van der Waals surface area contributed by atoms with Gasteiger partial charge in [0.25, 0.3) is 0 Å². The van der Waals surface area contributed by atoms with Crippen LogP contribution >= 0.6 is 0 Å². The number of phenols is 1. The van der Waals surface area contributed by atoms with Crippen LogP contribution in [0.5, 0.6) is 5.75 Å². The Bertz CT molecular complexity index is 1270. The van der Waals surface area contributed by atoms with Crippen LogP contribution in [0.15, 0.2) is 42.7 Å². The summed E-state index contributed by atoms with van der Waals surface area (Å²) in [7, 11) is 0. The van der Waals surface area contributed by atoms with Crippen molar-refractivity contribution in [1.82, 2.24) is 9.55 Å². The van der Waals surface area contributed by atoms with Crippen LogP contribution in [0, 0.1) is 5.41 Å². The Morgan fingerprint density at radius 3 is 2.65 bits per heavy atom. The summed E-state index contributed by atoms with van der Waals surface area (Å²) in [6, 6.07) is 7.81. The van der Waals surface area contributed by atoms with E-state index in [4.69, 9.17) is 11.1 Å². The number of amides is 1. The molecule has 5 N–H and O–H groups in total. The summed E-state index contributed by atoms with van der Waals surface area (Å²) in [6.07, 6.45) is 0.0278. The molecular weight excluding hydrogens is 447 g/mol. The summed E-state index contributed by atoms with van der Waals surface area (Å²) in [4.78, 5) is 17.1. The van der Waals surface area contributed by atoms with Crippen molar-refractivity contribution in [1.29, 1.82) is 5.41 Å². The van der Waals surface area contributed by atoms with Crippen molar-refractivity contribution in [2.24, 2.45) is 5.73 Å². The summed E-state index contributed by atoms with van der Waals surface area (Å²) < 4.78 is 43.4. The number of nitrogen functional groups attached to an aromatic ring is 1. The second-order valence-electron chi connectivity index (χ2n) is 8.34. The molecule has 2 aromatic carbocycles. The number of amidine groups is 1. The number of aromatic nitrogens is 2. The zero-order valence-corrected chi connectivity index (χ0v) is 18.4. The van der Waals surface area contributed by atoms with Crippen LogP contribution in [0.3, 0.4) is 0 Å². The average Bonchev–Trinajstić information content (AvgIpc) is 3.22. The van der Waals surface area contributed by atoms with Crippen molar-refractivity contribution in [2.75, 3.05) is 5.32 Å². The van der Waals surface area contributed by atoms with Gasteiger partial charge in [-0.3, -0.25) is 10.2 Å². The average molecular weight is 471 g/mol. The van der Waals surface area contributed by atoms with Gasteiger partial charge in [-0.15, -0.1) is 0 Å². The molecule has 34 heavy (non-hydrogen) atoms. The molecule has 0 aliphatic heterocycles. The van der Waals surface area contributed by atoms with Crippen LogP contribution < -0.4 is 11.1 Å². The number of nitrogens with two attached hydrogens (primary N) is 1. The molecule has 0 saturated heterocycles. The molecule has 0 spiro atoms. The van der Waals surface area contributed by atoms with E-state index in [-0.39, 0.29) is 28.5 Å². The minimum absolute atomic E-state index is 0.0240. The lowest BCUT2D eigenvalue weighted by Crippen LogP contribution is -2.21. The highest BCUT2D eigenvalue weighted by atomic mass is 19.4. The second-order valence-corrected chi connectivity index (χ2v) is 8.34. The van der Waals surface area contributed by atoms with E-state index >= 15 is 0 Å². The molecule has 178 valence electrons. The number of nitrogens with zero attached hydrogens (tertiary/aromatic N) is 2. The van der Waals surface area contributed by atoms with Gasteiger partial charge in [0, 0.05) is 22.5 Å². The second kappa shape index (κ2) is 8.85. The van der Waals surface area contributed by atoms with Crippen molar-refractivity contribution in [3.05, 3.63) is 70.8 Å². The molecule has 4 rings (SSSR count). The van der Waals surface area contributed by atoms with E-state index in [1.165, 1.54) is 48.1 Å². The molecule has 0 bridgehead atoms. The first-order valence-electron chi connectivity index (χ1n) is 10.8. The fourth-order valence-corrected chi connectivity index (χ4v) is 4.19. The molecule has 1 aromatic heterocycles. The molecule has 7 nitrogen and oxygen atoms in total. The summed E-state index contributed by atoms with van der Waals surface area (Å²) >= 11 is 0. The Balaban J connectivity index is 1.65. The molecule has 1 aliphatic carbocycles. The third kappa shape index (κ3) is 4.48. The van der Waals surface area contributed by atoms with E-state index < -0.39 is 23.6 Å². The number of halogens is 3. The van der Waals surface area contributed by atoms with Gasteiger partial charge in [-0.25, -0.2) is 4.98 Å². The summed E-state index contributed by atoms with van der Waals surface area (Å²) in [5.41, 5.74) is 6.65. The molecule has 1 aliphatic rings. The molecule has 1 unspecified atom stereocenters. The van der Waals surface area contributed by atoms with Gasteiger partial charge in [0.05, 0.1) is 29.2 Å². The van der Waals surface area contributed by atoms with Gasteiger partial charge < -0.3 is 20.7 Å². The van der Waals surface area contributed by atoms with Gasteiger partial charge in [-0.1, -0.05) is 0 Å². The predicted octanol–water partition coefficient (Wildman–Crippen LogP) is 4.50. The number of carbonyl (C=O) groups is 1. The lowest BCUT2D eigenvalue weighted by Gasteiger charge is -2.20. The number of hydrogen-bond acceptors (Lipinski definition) is 4. The van der Waals surface area contributed by atoms with Crippen LogP contribution in [0.1, 0.15) is 53.8 Å². The van der Waals surface area contributed by atoms with Gasteiger partial charge in [-0.05, 0) is 69.0 Å². The van der Waals surface area contributed by atoms with Gasteiger partial charge in [0.2, 0.25) is 5.91 Å². The van der Waals surface area contributed by atoms with E-state index in [0.717, 1.165) is 36.7 Å². The highest BCUT2D eigenvalue weighted by molar-refractivity contribution is 5.98. The standard InChI is InChI=1S/C24H24F3N5O2/c1-13(16-10-14(22(28)29)6-9-21(16)33)23(34)31-15-7-8-19(17(11-15)24(25,26)27)32-12-30-18-4-2-3-5-20(18)32/h6-13,33H,2-5H2,1H3,(H3,28,29)(H,31,34). The van der Waals surface area contributed by atoms with Crippen molar-refractivity contribution < 1.29 is 23.1 Å². The van der Waals surface area contributed by atoms with Crippen molar-refractivity contribution >= 4 is 17.4 Å². The van der Waals surface area contributed by atoms with Crippen LogP contribution in [0.2, 0.25) is 0 Å². The zero-order chi connectivity index (χ0) is 24.6. The third-order valence-corrected chi connectivity index (χ3v) is 6.06. The molecule has 0 radical (unpaired) electrons. The van der Waals surface area contributed by atoms with Gasteiger partial charge in [0.1, 0.15) is 11.6 Å². The summed E-state index contributed by atoms with van der Waals surface area (Å²) in [5.74, 6) is -1.93. The Morgan fingerprint density at radius 1 is 1.21 bits per heavy atom. The Labute approximate surface area is 193 Å². The number of anilines is 1.